The molecular weight excluding hydrogens is 360 g/mol. The normalized spacial score (nSPS) is 12.0. The largest absolute Gasteiger partial charge is 0.450 e. The van der Waals surface area contributed by atoms with Gasteiger partial charge in [0.05, 0.1) is 4.92 Å². The van der Waals surface area contributed by atoms with Crippen LogP contribution in [0.15, 0.2) is 40.9 Å². The van der Waals surface area contributed by atoms with Crippen molar-refractivity contribution in [1.82, 2.24) is 0 Å². The number of halogens is 2. The molecule has 5 nitrogen and oxygen atoms in total. The fourth-order valence-corrected chi connectivity index (χ4v) is 2.67. The summed E-state index contributed by atoms with van der Waals surface area (Å²) in [5.41, 5.74) is 6.56. The fraction of sp³-hybridized carbons (Fsp3) is 0.143. The van der Waals surface area contributed by atoms with Crippen LogP contribution in [0.5, 0.6) is 11.5 Å². The molecule has 0 aliphatic carbocycles. The van der Waals surface area contributed by atoms with Crippen LogP contribution < -0.4 is 10.5 Å². The fourth-order valence-electron chi connectivity index (χ4n) is 1.79. The predicted octanol–water partition coefficient (Wildman–Crippen LogP) is 4.82. The van der Waals surface area contributed by atoms with Gasteiger partial charge < -0.3 is 10.5 Å². The van der Waals surface area contributed by atoms with E-state index in [0.717, 1.165) is 10.0 Å². The summed E-state index contributed by atoms with van der Waals surface area (Å²) in [5, 5.41) is 11.3. The lowest BCUT2D eigenvalue weighted by Gasteiger charge is -2.11. The summed E-state index contributed by atoms with van der Waals surface area (Å²) in [5.74, 6) is 0.599. The van der Waals surface area contributed by atoms with Gasteiger partial charge in [-0.25, -0.2) is 0 Å². The quantitative estimate of drug-likeness (QED) is 0.617. The molecule has 0 unspecified atom stereocenters. The zero-order chi connectivity index (χ0) is 15.6. The maximum atomic E-state index is 11.0. The summed E-state index contributed by atoms with van der Waals surface area (Å²) in [7, 11) is 0. The van der Waals surface area contributed by atoms with Crippen LogP contribution in [0.4, 0.5) is 5.69 Å². The van der Waals surface area contributed by atoms with E-state index in [0.29, 0.717) is 5.75 Å². The molecule has 0 aromatic heterocycles. The number of nitrogens with two attached hydrogens (primary N) is 1. The monoisotopic (exact) mass is 370 g/mol. The highest BCUT2D eigenvalue weighted by Crippen LogP contribution is 2.35. The van der Waals surface area contributed by atoms with Crippen LogP contribution in [0.2, 0.25) is 5.02 Å². The van der Waals surface area contributed by atoms with Crippen molar-refractivity contribution in [2.45, 2.75) is 13.0 Å². The summed E-state index contributed by atoms with van der Waals surface area (Å²) in [6, 6.07) is 9.37. The first-order chi connectivity index (χ1) is 9.88. The lowest BCUT2D eigenvalue weighted by atomic mass is 10.1. The topological polar surface area (TPSA) is 78.4 Å². The van der Waals surface area contributed by atoms with Crippen LogP contribution in [0.1, 0.15) is 18.5 Å². The van der Waals surface area contributed by atoms with Crippen molar-refractivity contribution in [3.63, 3.8) is 0 Å². The summed E-state index contributed by atoms with van der Waals surface area (Å²) >= 11 is 9.17. The molecule has 0 bridgehead atoms. The van der Waals surface area contributed by atoms with E-state index in [1.54, 1.807) is 12.1 Å². The summed E-state index contributed by atoms with van der Waals surface area (Å²) in [6.45, 7) is 1.87. The van der Waals surface area contributed by atoms with Crippen molar-refractivity contribution < 1.29 is 9.66 Å². The molecule has 0 aliphatic rings. The molecule has 0 radical (unpaired) electrons. The molecule has 110 valence electrons. The van der Waals surface area contributed by atoms with Gasteiger partial charge in [0.1, 0.15) is 5.75 Å². The van der Waals surface area contributed by atoms with Crippen molar-refractivity contribution in [2.24, 2.45) is 5.73 Å². The Balaban J connectivity index is 2.35. The Hall–Kier alpha value is -1.63. The highest BCUT2D eigenvalue weighted by Gasteiger charge is 2.17. The van der Waals surface area contributed by atoms with Crippen molar-refractivity contribution >= 4 is 33.2 Å². The van der Waals surface area contributed by atoms with Crippen LogP contribution in [0.3, 0.4) is 0 Å². The molecular formula is C14H12BrClN2O3. The first-order valence-corrected chi connectivity index (χ1v) is 7.22. The second-order valence-electron chi connectivity index (χ2n) is 4.44. The highest BCUT2D eigenvalue weighted by molar-refractivity contribution is 9.10. The Morgan fingerprint density at radius 2 is 2.05 bits per heavy atom. The van der Waals surface area contributed by atoms with E-state index >= 15 is 0 Å². The Bertz CT molecular complexity index is 692. The minimum absolute atomic E-state index is 0.127. The average Bonchev–Trinajstić information content (AvgIpc) is 2.40. The second kappa shape index (κ2) is 6.43. The smallest absolute Gasteiger partial charge is 0.313 e. The molecule has 2 aromatic carbocycles. The zero-order valence-electron chi connectivity index (χ0n) is 11.0. The Labute approximate surface area is 134 Å². The zero-order valence-corrected chi connectivity index (χ0v) is 13.4. The van der Waals surface area contributed by atoms with Crippen LogP contribution >= 0.6 is 27.5 Å². The van der Waals surface area contributed by atoms with E-state index in [2.05, 4.69) is 15.9 Å². The first kappa shape index (κ1) is 15.8. The van der Waals surface area contributed by atoms with E-state index in [9.17, 15) is 10.1 Å². The molecule has 0 amide bonds. The average molecular weight is 372 g/mol. The van der Waals surface area contributed by atoms with E-state index in [4.69, 9.17) is 22.1 Å². The third kappa shape index (κ3) is 3.72. The van der Waals surface area contributed by atoms with E-state index < -0.39 is 4.92 Å². The number of nitro benzene ring substituents is 1. The summed E-state index contributed by atoms with van der Waals surface area (Å²) < 4.78 is 6.35. The molecule has 0 fully saturated rings. The maximum Gasteiger partial charge on any atom is 0.313 e. The standard InChI is InChI=1S/C14H12BrClN2O3/c1-8(17)11-4-3-10(7-12(11)15)21-14-5-2-9(16)6-13(14)18(19)20/h2-8H,17H2,1H3/t8-/m0/s1. The van der Waals surface area contributed by atoms with E-state index in [1.807, 2.05) is 13.0 Å². The SMILES string of the molecule is C[C@H](N)c1ccc(Oc2ccc(Cl)cc2[N+](=O)[O-])cc1Br. The van der Waals surface area contributed by atoms with Gasteiger partial charge in [-0.2, -0.15) is 0 Å². The molecule has 2 N–H and O–H groups in total. The summed E-state index contributed by atoms with van der Waals surface area (Å²) in [4.78, 5) is 10.5. The van der Waals surface area contributed by atoms with E-state index in [1.165, 1.54) is 18.2 Å². The summed E-state index contributed by atoms with van der Waals surface area (Å²) in [6.07, 6.45) is 0. The Kier molecular flexibility index (Phi) is 4.82. The second-order valence-corrected chi connectivity index (χ2v) is 5.73. The van der Waals surface area contributed by atoms with Crippen LogP contribution in [0, 0.1) is 10.1 Å². The van der Waals surface area contributed by atoms with Crippen LogP contribution in [0.25, 0.3) is 0 Å². The number of benzene rings is 2. The molecule has 0 aliphatic heterocycles. The third-order valence-electron chi connectivity index (χ3n) is 2.81. The van der Waals surface area contributed by atoms with Crippen LogP contribution in [-0.2, 0) is 0 Å². The maximum absolute atomic E-state index is 11.0. The lowest BCUT2D eigenvalue weighted by molar-refractivity contribution is -0.385. The van der Waals surface area contributed by atoms with E-state index in [-0.39, 0.29) is 22.5 Å². The van der Waals surface area contributed by atoms with Crippen molar-refractivity contribution in [1.29, 1.82) is 0 Å². The molecule has 1 atom stereocenters. The minimum Gasteiger partial charge on any atom is -0.450 e. The van der Waals surface area contributed by atoms with Gasteiger partial charge in [0, 0.05) is 21.6 Å². The van der Waals surface area contributed by atoms with Gasteiger partial charge in [0.15, 0.2) is 0 Å². The first-order valence-electron chi connectivity index (χ1n) is 6.05. The molecule has 0 saturated carbocycles. The molecule has 2 rings (SSSR count). The lowest BCUT2D eigenvalue weighted by Crippen LogP contribution is -2.05. The number of rotatable bonds is 4. The number of hydrogen-bond acceptors (Lipinski definition) is 4. The van der Waals surface area contributed by atoms with Gasteiger partial charge in [-0.1, -0.05) is 33.6 Å². The van der Waals surface area contributed by atoms with Gasteiger partial charge in [0.25, 0.3) is 0 Å². The van der Waals surface area contributed by atoms with Gasteiger partial charge >= 0.3 is 5.69 Å². The van der Waals surface area contributed by atoms with Gasteiger partial charge in [0.2, 0.25) is 5.75 Å². The molecule has 21 heavy (non-hydrogen) atoms. The third-order valence-corrected chi connectivity index (χ3v) is 3.73. The Morgan fingerprint density at radius 1 is 1.33 bits per heavy atom. The number of nitrogens with zero attached hydrogens (tertiary/aromatic N) is 1. The molecule has 0 heterocycles. The molecule has 0 spiro atoms. The van der Waals surface area contributed by atoms with Gasteiger partial charge in [-0.15, -0.1) is 0 Å². The Morgan fingerprint density at radius 3 is 2.62 bits per heavy atom. The molecule has 7 heteroatoms. The van der Waals surface area contributed by atoms with Crippen molar-refractivity contribution in [3.05, 3.63) is 61.6 Å². The number of nitro groups is 1. The number of ether oxygens (including phenoxy) is 1. The van der Waals surface area contributed by atoms with Gasteiger partial charge in [-0.05, 0) is 36.8 Å². The predicted molar refractivity (Wildman–Crippen MR) is 84.9 cm³/mol. The molecule has 2 aromatic rings. The minimum atomic E-state index is -0.535. The van der Waals surface area contributed by atoms with Crippen molar-refractivity contribution in [2.75, 3.05) is 0 Å². The van der Waals surface area contributed by atoms with Crippen LogP contribution in [-0.4, -0.2) is 4.92 Å². The number of hydrogen-bond donors (Lipinski definition) is 1. The van der Waals surface area contributed by atoms with Gasteiger partial charge in [-0.3, -0.25) is 10.1 Å². The van der Waals surface area contributed by atoms with Crippen molar-refractivity contribution in [3.8, 4) is 11.5 Å². The highest BCUT2D eigenvalue weighted by atomic mass is 79.9. The molecule has 0 saturated heterocycles.